The van der Waals surface area contributed by atoms with E-state index < -0.39 is 12.0 Å². The SMILES string of the molecule is Cc1ccc(OCCC2NC(C(=O)O)CS2)cc1. The molecule has 0 spiro atoms. The summed E-state index contributed by atoms with van der Waals surface area (Å²) in [5.74, 6) is 0.715. The molecule has 1 aliphatic heterocycles. The van der Waals surface area contributed by atoms with Crippen molar-refractivity contribution >= 4 is 17.7 Å². The molecular formula is C13H17NO3S. The van der Waals surface area contributed by atoms with Crippen molar-refractivity contribution in [3.05, 3.63) is 29.8 Å². The number of thioether (sulfide) groups is 1. The maximum Gasteiger partial charge on any atom is 0.321 e. The Morgan fingerprint density at radius 1 is 1.50 bits per heavy atom. The summed E-state index contributed by atoms with van der Waals surface area (Å²) in [5, 5.41) is 12.1. The molecule has 5 heteroatoms. The van der Waals surface area contributed by atoms with Gasteiger partial charge < -0.3 is 9.84 Å². The molecule has 0 aliphatic carbocycles. The monoisotopic (exact) mass is 267 g/mol. The second-order valence-electron chi connectivity index (χ2n) is 4.33. The van der Waals surface area contributed by atoms with Gasteiger partial charge in [0.1, 0.15) is 11.8 Å². The van der Waals surface area contributed by atoms with E-state index >= 15 is 0 Å². The Morgan fingerprint density at radius 2 is 2.22 bits per heavy atom. The minimum Gasteiger partial charge on any atom is -0.494 e. The predicted molar refractivity (Wildman–Crippen MR) is 72.1 cm³/mol. The molecule has 2 N–H and O–H groups in total. The molecule has 18 heavy (non-hydrogen) atoms. The molecule has 1 aliphatic rings. The van der Waals surface area contributed by atoms with E-state index in [-0.39, 0.29) is 5.37 Å². The van der Waals surface area contributed by atoms with Crippen LogP contribution >= 0.6 is 11.8 Å². The van der Waals surface area contributed by atoms with Gasteiger partial charge >= 0.3 is 5.97 Å². The quantitative estimate of drug-likeness (QED) is 0.853. The van der Waals surface area contributed by atoms with Gasteiger partial charge in [-0.05, 0) is 19.1 Å². The van der Waals surface area contributed by atoms with Crippen LogP contribution in [0.1, 0.15) is 12.0 Å². The van der Waals surface area contributed by atoms with Crippen molar-refractivity contribution in [3.63, 3.8) is 0 Å². The van der Waals surface area contributed by atoms with Crippen molar-refractivity contribution in [2.24, 2.45) is 0 Å². The van der Waals surface area contributed by atoms with Crippen molar-refractivity contribution in [1.29, 1.82) is 0 Å². The van der Waals surface area contributed by atoms with Gasteiger partial charge in [0.05, 0.1) is 12.0 Å². The highest BCUT2D eigenvalue weighted by Gasteiger charge is 2.28. The van der Waals surface area contributed by atoms with Crippen LogP contribution in [0.25, 0.3) is 0 Å². The van der Waals surface area contributed by atoms with Crippen LogP contribution in [-0.2, 0) is 4.79 Å². The normalized spacial score (nSPS) is 22.9. The summed E-state index contributed by atoms with van der Waals surface area (Å²) in [5.41, 5.74) is 1.21. The van der Waals surface area contributed by atoms with Crippen LogP contribution in [0.4, 0.5) is 0 Å². The van der Waals surface area contributed by atoms with Gasteiger partial charge in [0, 0.05) is 12.2 Å². The number of carboxylic acid groups (broad SMARTS) is 1. The first-order valence-corrected chi connectivity index (χ1v) is 7.00. The third-order valence-corrected chi connectivity index (χ3v) is 4.12. The molecule has 0 bridgehead atoms. The van der Waals surface area contributed by atoms with Crippen molar-refractivity contribution in [1.82, 2.24) is 5.32 Å². The highest BCUT2D eigenvalue weighted by molar-refractivity contribution is 8.00. The zero-order valence-electron chi connectivity index (χ0n) is 10.3. The lowest BCUT2D eigenvalue weighted by molar-refractivity contribution is -0.138. The molecule has 0 amide bonds. The Bertz CT molecular complexity index is 407. The smallest absolute Gasteiger partial charge is 0.321 e. The van der Waals surface area contributed by atoms with E-state index in [1.165, 1.54) is 5.56 Å². The first kappa shape index (κ1) is 13.2. The van der Waals surface area contributed by atoms with Crippen LogP contribution in [0.3, 0.4) is 0 Å². The topological polar surface area (TPSA) is 58.6 Å². The number of carboxylic acids is 1. The zero-order valence-corrected chi connectivity index (χ0v) is 11.1. The summed E-state index contributed by atoms with van der Waals surface area (Å²) in [7, 11) is 0. The fourth-order valence-electron chi connectivity index (χ4n) is 1.76. The minimum atomic E-state index is -0.774. The number of carbonyl (C=O) groups is 1. The van der Waals surface area contributed by atoms with E-state index in [1.807, 2.05) is 31.2 Å². The second-order valence-corrected chi connectivity index (χ2v) is 5.57. The molecule has 4 nitrogen and oxygen atoms in total. The molecule has 1 aromatic carbocycles. The molecule has 2 unspecified atom stereocenters. The summed E-state index contributed by atoms with van der Waals surface area (Å²) < 4.78 is 5.62. The van der Waals surface area contributed by atoms with Gasteiger partial charge in [-0.1, -0.05) is 17.7 Å². The molecule has 0 saturated carbocycles. The maximum atomic E-state index is 10.8. The molecule has 1 fully saturated rings. The van der Waals surface area contributed by atoms with Gasteiger partial charge in [-0.15, -0.1) is 11.8 Å². The summed E-state index contributed by atoms with van der Waals surface area (Å²) in [6.07, 6.45) is 0.808. The van der Waals surface area contributed by atoms with Gasteiger partial charge in [0.15, 0.2) is 0 Å². The first-order valence-electron chi connectivity index (χ1n) is 5.95. The largest absolute Gasteiger partial charge is 0.494 e. The summed E-state index contributed by atoms with van der Waals surface area (Å²) in [6.45, 7) is 2.63. The van der Waals surface area contributed by atoms with Crippen LogP contribution in [0, 0.1) is 6.92 Å². The third-order valence-electron chi connectivity index (χ3n) is 2.82. The van der Waals surface area contributed by atoms with Crippen molar-refractivity contribution < 1.29 is 14.6 Å². The number of aliphatic carboxylic acids is 1. The lowest BCUT2D eigenvalue weighted by Gasteiger charge is -2.12. The van der Waals surface area contributed by atoms with Crippen molar-refractivity contribution in [2.75, 3.05) is 12.4 Å². The number of ether oxygens (including phenoxy) is 1. The summed E-state index contributed by atoms with van der Waals surface area (Å²) in [4.78, 5) is 10.8. The summed E-state index contributed by atoms with van der Waals surface area (Å²) in [6, 6.07) is 7.51. The van der Waals surface area contributed by atoms with E-state index in [0.29, 0.717) is 12.4 Å². The lowest BCUT2D eigenvalue weighted by Crippen LogP contribution is -2.36. The molecule has 1 heterocycles. The van der Waals surface area contributed by atoms with Gasteiger partial charge in [0.2, 0.25) is 0 Å². The Labute approximate surface area is 111 Å². The van der Waals surface area contributed by atoms with Crippen LogP contribution in [0.5, 0.6) is 5.75 Å². The van der Waals surface area contributed by atoms with Crippen LogP contribution in [0.2, 0.25) is 0 Å². The van der Waals surface area contributed by atoms with Gasteiger partial charge in [-0.3, -0.25) is 10.1 Å². The maximum absolute atomic E-state index is 10.8. The number of hydrogen-bond acceptors (Lipinski definition) is 4. The number of aryl methyl sites for hydroxylation is 1. The van der Waals surface area contributed by atoms with Crippen LogP contribution in [-0.4, -0.2) is 34.9 Å². The molecule has 1 aromatic rings. The van der Waals surface area contributed by atoms with Gasteiger partial charge in [-0.2, -0.15) is 0 Å². The fourth-order valence-corrected chi connectivity index (χ4v) is 2.95. The third kappa shape index (κ3) is 3.65. The minimum absolute atomic E-state index is 0.177. The van der Waals surface area contributed by atoms with Crippen molar-refractivity contribution in [3.8, 4) is 5.75 Å². The van der Waals surface area contributed by atoms with Crippen LogP contribution < -0.4 is 10.1 Å². The molecule has 98 valence electrons. The van der Waals surface area contributed by atoms with Gasteiger partial charge in [0.25, 0.3) is 0 Å². The molecule has 1 saturated heterocycles. The van der Waals surface area contributed by atoms with Crippen molar-refractivity contribution in [2.45, 2.75) is 24.8 Å². The molecule has 0 radical (unpaired) electrons. The Kier molecular flexibility index (Phi) is 4.49. The van der Waals surface area contributed by atoms with E-state index in [9.17, 15) is 4.79 Å². The molecular weight excluding hydrogens is 250 g/mol. The first-order chi connectivity index (χ1) is 8.65. The van der Waals surface area contributed by atoms with E-state index in [4.69, 9.17) is 9.84 Å². The molecule has 2 atom stereocenters. The number of benzene rings is 1. The number of nitrogens with one attached hydrogen (secondary N) is 1. The van der Waals surface area contributed by atoms with E-state index in [0.717, 1.165) is 12.2 Å². The van der Waals surface area contributed by atoms with E-state index in [1.54, 1.807) is 11.8 Å². The average Bonchev–Trinajstić information content (AvgIpc) is 2.81. The number of rotatable bonds is 5. The Balaban J connectivity index is 1.70. The fraction of sp³-hybridized carbons (Fsp3) is 0.462. The molecule has 2 rings (SSSR count). The predicted octanol–water partition coefficient (Wildman–Crippen LogP) is 1.88. The van der Waals surface area contributed by atoms with E-state index in [2.05, 4.69) is 5.32 Å². The second kappa shape index (κ2) is 6.11. The summed E-state index contributed by atoms with van der Waals surface area (Å²) >= 11 is 1.64. The molecule has 0 aromatic heterocycles. The zero-order chi connectivity index (χ0) is 13.0. The Hall–Kier alpha value is -1.20. The number of hydrogen-bond donors (Lipinski definition) is 2. The standard InChI is InChI=1S/C13H17NO3S/c1-9-2-4-10(5-3-9)17-7-6-12-14-11(8-18-12)13(15)16/h2-5,11-12,14H,6-8H2,1H3,(H,15,16). The van der Waals surface area contributed by atoms with Crippen LogP contribution in [0.15, 0.2) is 24.3 Å². The van der Waals surface area contributed by atoms with Gasteiger partial charge in [-0.25, -0.2) is 0 Å². The average molecular weight is 267 g/mol. The lowest BCUT2D eigenvalue weighted by atomic mass is 10.2. The highest BCUT2D eigenvalue weighted by Crippen LogP contribution is 2.22. The Morgan fingerprint density at radius 3 is 2.83 bits per heavy atom. The highest BCUT2D eigenvalue weighted by atomic mass is 32.2.